The van der Waals surface area contributed by atoms with E-state index in [-0.39, 0.29) is 17.6 Å². The maximum absolute atomic E-state index is 12.3. The third-order valence-corrected chi connectivity index (χ3v) is 4.77. The van der Waals surface area contributed by atoms with E-state index in [1.165, 1.54) is 0 Å². The number of hydrogen-bond donors (Lipinski definition) is 1. The summed E-state index contributed by atoms with van der Waals surface area (Å²) in [7, 11) is 0. The van der Waals surface area contributed by atoms with Crippen molar-refractivity contribution in [2.24, 2.45) is 0 Å². The highest BCUT2D eigenvalue weighted by Gasteiger charge is 2.38. The summed E-state index contributed by atoms with van der Waals surface area (Å²) in [6.07, 6.45) is 0.897. The van der Waals surface area contributed by atoms with Gasteiger partial charge in [-0.1, -0.05) is 12.1 Å². The molecule has 1 N–H and O–H groups in total. The van der Waals surface area contributed by atoms with Crippen molar-refractivity contribution in [3.05, 3.63) is 33.8 Å². The van der Waals surface area contributed by atoms with Crippen LogP contribution in [-0.4, -0.2) is 24.2 Å². The maximum atomic E-state index is 12.3. The van der Waals surface area contributed by atoms with Gasteiger partial charge in [-0.05, 0) is 54.8 Å². The van der Waals surface area contributed by atoms with Crippen molar-refractivity contribution in [2.75, 3.05) is 6.61 Å². The zero-order valence-corrected chi connectivity index (χ0v) is 12.5. The molecule has 1 fully saturated rings. The van der Waals surface area contributed by atoms with Crippen molar-refractivity contribution in [3.8, 4) is 0 Å². The Balaban J connectivity index is 2.20. The van der Waals surface area contributed by atoms with Gasteiger partial charge in [0.25, 0.3) is 5.91 Å². The number of carbonyl (C=O) groups excluding carboxylic acids is 1. The van der Waals surface area contributed by atoms with Crippen LogP contribution >= 0.6 is 15.9 Å². The number of carbonyl (C=O) groups is 1. The van der Waals surface area contributed by atoms with Crippen molar-refractivity contribution in [2.45, 2.75) is 38.8 Å². The van der Waals surface area contributed by atoms with Gasteiger partial charge in [-0.2, -0.15) is 0 Å². The molecule has 1 aliphatic heterocycles. The van der Waals surface area contributed by atoms with Crippen LogP contribution in [0.25, 0.3) is 0 Å². The van der Waals surface area contributed by atoms with Crippen LogP contribution in [0.15, 0.2) is 22.7 Å². The quantitative estimate of drug-likeness (QED) is 0.911. The fourth-order valence-electron chi connectivity index (χ4n) is 2.15. The molecule has 1 aliphatic rings. The number of amides is 1. The molecule has 1 aromatic rings. The molecule has 0 aliphatic carbocycles. The zero-order valence-electron chi connectivity index (χ0n) is 10.9. The Morgan fingerprint density at radius 1 is 1.56 bits per heavy atom. The lowest BCUT2D eigenvalue weighted by atomic mass is 9.94. The molecule has 2 atom stereocenters. The maximum Gasteiger partial charge on any atom is 0.252 e. The van der Waals surface area contributed by atoms with E-state index in [1.807, 2.05) is 39.0 Å². The van der Waals surface area contributed by atoms with Gasteiger partial charge < -0.3 is 10.1 Å². The third-order valence-electron chi connectivity index (χ3n) is 3.72. The molecule has 1 amide bonds. The molecule has 0 saturated carbocycles. The predicted molar refractivity (Wildman–Crippen MR) is 74.8 cm³/mol. The molecule has 3 nitrogen and oxygen atoms in total. The standard InChI is InChI=1S/C14H18BrNO2/c1-9-5-4-6-11(12(9)15)13(17)16-14(3)7-8-18-10(14)2/h4-6,10H,7-8H2,1-3H3,(H,16,17). The molecule has 98 valence electrons. The molecular formula is C14H18BrNO2. The van der Waals surface area contributed by atoms with Crippen molar-refractivity contribution in [1.82, 2.24) is 5.32 Å². The van der Waals surface area contributed by atoms with Gasteiger partial charge >= 0.3 is 0 Å². The lowest BCUT2D eigenvalue weighted by molar-refractivity contribution is 0.0727. The molecule has 0 spiro atoms. The fourth-order valence-corrected chi connectivity index (χ4v) is 2.59. The summed E-state index contributed by atoms with van der Waals surface area (Å²) >= 11 is 3.47. The lowest BCUT2D eigenvalue weighted by Gasteiger charge is -2.29. The summed E-state index contributed by atoms with van der Waals surface area (Å²) in [5, 5.41) is 3.10. The number of aryl methyl sites for hydroxylation is 1. The molecule has 18 heavy (non-hydrogen) atoms. The normalized spacial score (nSPS) is 27.2. The number of rotatable bonds is 2. The molecule has 1 saturated heterocycles. The van der Waals surface area contributed by atoms with Gasteiger partial charge in [0.05, 0.1) is 17.2 Å². The molecular weight excluding hydrogens is 294 g/mol. The Morgan fingerprint density at radius 2 is 2.28 bits per heavy atom. The molecule has 1 aromatic carbocycles. The van der Waals surface area contributed by atoms with E-state index < -0.39 is 0 Å². The molecule has 2 unspecified atom stereocenters. The minimum Gasteiger partial charge on any atom is -0.376 e. The Hall–Kier alpha value is -0.870. The van der Waals surface area contributed by atoms with E-state index in [1.54, 1.807) is 0 Å². The van der Waals surface area contributed by atoms with Gasteiger partial charge in [0.15, 0.2) is 0 Å². The second-order valence-electron chi connectivity index (χ2n) is 5.07. The highest BCUT2D eigenvalue weighted by atomic mass is 79.9. The van der Waals surface area contributed by atoms with E-state index in [0.29, 0.717) is 12.2 Å². The molecule has 0 radical (unpaired) electrons. The molecule has 4 heteroatoms. The van der Waals surface area contributed by atoms with Crippen molar-refractivity contribution in [3.63, 3.8) is 0 Å². The second-order valence-corrected chi connectivity index (χ2v) is 5.86. The van der Waals surface area contributed by atoms with Gasteiger partial charge in [0.2, 0.25) is 0 Å². The van der Waals surface area contributed by atoms with E-state index in [2.05, 4.69) is 21.2 Å². The number of halogens is 1. The van der Waals surface area contributed by atoms with Crippen LogP contribution in [0.1, 0.15) is 36.2 Å². The SMILES string of the molecule is Cc1cccc(C(=O)NC2(C)CCOC2C)c1Br. The van der Waals surface area contributed by atoms with Crippen LogP contribution < -0.4 is 5.32 Å². The highest BCUT2D eigenvalue weighted by molar-refractivity contribution is 9.10. The van der Waals surface area contributed by atoms with Crippen molar-refractivity contribution >= 4 is 21.8 Å². The first kappa shape index (κ1) is 13.6. The van der Waals surface area contributed by atoms with E-state index >= 15 is 0 Å². The summed E-state index contributed by atoms with van der Waals surface area (Å²) in [5.74, 6) is -0.0505. The largest absolute Gasteiger partial charge is 0.376 e. The Morgan fingerprint density at radius 3 is 2.89 bits per heavy atom. The average Bonchev–Trinajstić information content (AvgIpc) is 2.62. The molecule has 0 bridgehead atoms. The number of benzene rings is 1. The second kappa shape index (κ2) is 5.02. The van der Waals surface area contributed by atoms with Crippen LogP contribution in [0, 0.1) is 6.92 Å². The molecule has 0 aromatic heterocycles. The Labute approximate surface area is 116 Å². The van der Waals surface area contributed by atoms with E-state index in [4.69, 9.17) is 4.74 Å². The summed E-state index contributed by atoms with van der Waals surface area (Å²) in [6.45, 7) is 6.71. The zero-order chi connectivity index (χ0) is 13.3. The smallest absolute Gasteiger partial charge is 0.252 e. The minimum absolute atomic E-state index is 0.0463. The Bertz CT molecular complexity index is 475. The first-order valence-electron chi connectivity index (χ1n) is 6.13. The van der Waals surface area contributed by atoms with Crippen LogP contribution in [0.2, 0.25) is 0 Å². The van der Waals surface area contributed by atoms with Crippen LogP contribution in [0.5, 0.6) is 0 Å². The number of ether oxygens (including phenoxy) is 1. The highest BCUT2D eigenvalue weighted by Crippen LogP contribution is 2.27. The first-order chi connectivity index (χ1) is 8.44. The number of hydrogen-bond acceptors (Lipinski definition) is 2. The topological polar surface area (TPSA) is 38.3 Å². The van der Waals surface area contributed by atoms with Gasteiger partial charge in [-0.25, -0.2) is 0 Å². The van der Waals surface area contributed by atoms with Crippen LogP contribution in [0.3, 0.4) is 0 Å². The monoisotopic (exact) mass is 311 g/mol. The van der Waals surface area contributed by atoms with Crippen LogP contribution in [-0.2, 0) is 4.74 Å². The van der Waals surface area contributed by atoms with Crippen molar-refractivity contribution in [1.29, 1.82) is 0 Å². The first-order valence-corrected chi connectivity index (χ1v) is 6.92. The van der Waals surface area contributed by atoms with Gasteiger partial charge in [0, 0.05) is 11.1 Å². The number of nitrogens with one attached hydrogen (secondary N) is 1. The van der Waals surface area contributed by atoms with E-state index in [9.17, 15) is 4.79 Å². The minimum atomic E-state index is -0.278. The fraction of sp³-hybridized carbons (Fsp3) is 0.500. The molecule has 1 heterocycles. The van der Waals surface area contributed by atoms with E-state index in [0.717, 1.165) is 16.5 Å². The Kier molecular flexibility index (Phi) is 3.78. The molecule has 2 rings (SSSR count). The van der Waals surface area contributed by atoms with Gasteiger partial charge in [-0.15, -0.1) is 0 Å². The summed E-state index contributed by atoms with van der Waals surface area (Å²) in [6, 6.07) is 5.70. The summed E-state index contributed by atoms with van der Waals surface area (Å²) in [5.41, 5.74) is 1.46. The average molecular weight is 312 g/mol. The predicted octanol–water partition coefficient (Wildman–Crippen LogP) is 3.05. The third kappa shape index (κ3) is 2.45. The summed E-state index contributed by atoms with van der Waals surface area (Å²) < 4.78 is 6.39. The van der Waals surface area contributed by atoms with Crippen molar-refractivity contribution < 1.29 is 9.53 Å². The summed E-state index contributed by atoms with van der Waals surface area (Å²) in [4.78, 5) is 12.3. The van der Waals surface area contributed by atoms with Gasteiger partial charge in [-0.3, -0.25) is 4.79 Å². The lowest BCUT2D eigenvalue weighted by Crippen LogP contribution is -2.50. The van der Waals surface area contributed by atoms with Gasteiger partial charge in [0.1, 0.15) is 0 Å². The van der Waals surface area contributed by atoms with Crippen LogP contribution in [0.4, 0.5) is 0 Å².